The van der Waals surface area contributed by atoms with Crippen LogP contribution in [-0.4, -0.2) is 138 Å². The van der Waals surface area contributed by atoms with Crippen molar-refractivity contribution < 1.29 is 41.8 Å². The van der Waals surface area contributed by atoms with Gasteiger partial charge in [-0.1, -0.05) is 37.6 Å². The van der Waals surface area contributed by atoms with Crippen LogP contribution in [-0.2, 0) is 29.0 Å². The van der Waals surface area contributed by atoms with E-state index in [2.05, 4.69) is 50.8 Å². The molecule has 3 aromatic carbocycles. The van der Waals surface area contributed by atoms with Crippen LogP contribution in [0.4, 0.5) is 28.4 Å². The number of piperazine rings is 1. The maximum Gasteiger partial charge on any atom is 0.293 e. The molecule has 3 N–H and O–H groups in total. The van der Waals surface area contributed by atoms with Gasteiger partial charge in [-0.05, 0) is 102 Å². The Bertz CT molecular complexity index is 2970. The molecular formula is C52H61ClN8O10S. The minimum absolute atomic E-state index is 0.00561. The van der Waals surface area contributed by atoms with E-state index in [1.807, 2.05) is 41.3 Å². The number of hydrogen-bond acceptors (Lipinski definition) is 15. The molecule has 3 saturated heterocycles. The van der Waals surface area contributed by atoms with Gasteiger partial charge in [-0.2, -0.15) is 4.98 Å². The van der Waals surface area contributed by atoms with Crippen molar-refractivity contribution in [1.29, 1.82) is 0 Å². The number of halogens is 1. The van der Waals surface area contributed by atoms with Crippen molar-refractivity contribution >= 4 is 72.6 Å². The number of nitrogens with one attached hydrogen (secondary N) is 3. The molecule has 3 unspecified atom stereocenters. The SMILES string of the molecule is COC1COC(CNc2ccc(S(=O)(=O)NC(=O)c3ccc(N4CCN5CC6=C(c7ccc(Cl)cc7)CC(C)(C)CC6OCCCOC[C@@H]5C4)cc3N3CCCOc4nc5[nH]ccc5cc43)cc2[N+](=O)[O-])C1. The van der Waals surface area contributed by atoms with Gasteiger partial charge in [0.25, 0.3) is 21.6 Å². The van der Waals surface area contributed by atoms with Gasteiger partial charge < -0.3 is 43.8 Å². The summed E-state index contributed by atoms with van der Waals surface area (Å²) < 4.78 is 60.8. The molecule has 1 amide bonds. The van der Waals surface area contributed by atoms with Crippen molar-refractivity contribution in [1.82, 2.24) is 19.6 Å². The van der Waals surface area contributed by atoms with Crippen LogP contribution < -0.4 is 24.6 Å². The van der Waals surface area contributed by atoms with Crippen molar-refractivity contribution in [2.75, 3.05) is 94.5 Å². The smallest absolute Gasteiger partial charge is 0.293 e. The van der Waals surface area contributed by atoms with Gasteiger partial charge in [0.15, 0.2) is 0 Å². The molecule has 20 heteroatoms. The molecule has 5 aliphatic rings. The Labute approximate surface area is 424 Å². The summed E-state index contributed by atoms with van der Waals surface area (Å²) in [7, 11) is -3.04. The zero-order chi connectivity index (χ0) is 50.1. The quantitative estimate of drug-likeness (QED) is 0.0849. The summed E-state index contributed by atoms with van der Waals surface area (Å²) >= 11 is 6.37. The standard InChI is InChI=1S/C52H61ClN8O10S/c1-52(2)26-42(33-6-8-35(53)9-7-33)43-30-59-18-17-58(29-37(59)31-68-19-5-21-69-48(43)27-52)36-10-12-41(45(23-36)60-16-4-20-70-51-47(60)22-34-14-15-54-49(34)56-51)50(62)57-72(65,66)40-11-13-44(46(25-40)61(63)64)55-28-38-24-39(67-3)32-71-38/h6-15,22-23,25,37-39,48,55H,4-5,16-21,24,26-32H2,1-3H3,(H,54,56)(H,57,62)/t37-,38?,39?,48?/m0/s1. The number of rotatable bonds is 11. The van der Waals surface area contributed by atoms with E-state index in [1.165, 1.54) is 23.3 Å². The lowest BCUT2D eigenvalue weighted by molar-refractivity contribution is -0.384. The van der Waals surface area contributed by atoms with Gasteiger partial charge in [0.2, 0.25) is 5.88 Å². The number of carbonyl (C=O) groups excluding carboxylic acids is 1. The first-order chi connectivity index (χ1) is 34.7. The fraction of sp³-hybridized carbons (Fsp3) is 0.462. The molecule has 4 aliphatic heterocycles. The van der Waals surface area contributed by atoms with Gasteiger partial charge in [0, 0.05) is 94.4 Å². The van der Waals surface area contributed by atoms with Crippen LogP contribution in [0.5, 0.6) is 5.88 Å². The summed E-state index contributed by atoms with van der Waals surface area (Å²) in [5.74, 6) is -0.539. The van der Waals surface area contributed by atoms with E-state index >= 15 is 0 Å². The summed E-state index contributed by atoms with van der Waals surface area (Å²) in [5.41, 5.74) is 6.07. The molecule has 6 heterocycles. The summed E-state index contributed by atoms with van der Waals surface area (Å²) in [6.45, 7) is 10.5. The molecule has 2 aromatic heterocycles. The molecule has 18 nitrogen and oxygen atoms in total. The topological polar surface area (TPSA) is 203 Å². The van der Waals surface area contributed by atoms with Crippen LogP contribution >= 0.6 is 11.6 Å². The largest absolute Gasteiger partial charge is 0.476 e. The average Bonchev–Trinajstić information content (AvgIpc) is 3.98. The van der Waals surface area contributed by atoms with E-state index in [0.717, 1.165) is 55.1 Å². The summed E-state index contributed by atoms with van der Waals surface area (Å²) in [4.78, 5) is 40.5. The third-order valence-electron chi connectivity index (χ3n) is 14.4. The number of nitrogens with zero attached hydrogens (tertiary/aromatic N) is 5. The molecule has 0 saturated carbocycles. The zero-order valence-corrected chi connectivity index (χ0v) is 42.3. The lowest BCUT2D eigenvalue weighted by Gasteiger charge is -2.45. The van der Waals surface area contributed by atoms with Gasteiger partial charge in [-0.15, -0.1) is 0 Å². The first-order valence-corrected chi connectivity index (χ1v) is 26.5. The van der Waals surface area contributed by atoms with Gasteiger partial charge in [0.1, 0.15) is 17.0 Å². The summed E-state index contributed by atoms with van der Waals surface area (Å²) in [6.07, 6.45) is 5.22. The van der Waals surface area contributed by atoms with Crippen molar-refractivity contribution in [3.63, 3.8) is 0 Å². The second-order valence-corrected chi connectivity index (χ2v) is 22.1. The van der Waals surface area contributed by atoms with Crippen LogP contribution in [0, 0.1) is 15.5 Å². The van der Waals surface area contributed by atoms with E-state index in [4.69, 9.17) is 40.3 Å². The summed E-state index contributed by atoms with van der Waals surface area (Å²) in [5, 5.41) is 16.9. The summed E-state index contributed by atoms with van der Waals surface area (Å²) in [6, 6.07) is 20.9. The minimum atomic E-state index is -4.64. The van der Waals surface area contributed by atoms with E-state index in [9.17, 15) is 23.3 Å². The monoisotopic (exact) mass is 1020 g/mol. The highest BCUT2D eigenvalue weighted by Crippen LogP contribution is 2.46. The predicted molar refractivity (Wildman–Crippen MR) is 275 cm³/mol. The number of H-pyrrole nitrogens is 1. The number of nitro benzene ring substituents is 1. The minimum Gasteiger partial charge on any atom is -0.476 e. The van der Waals surface area contributed by atoms with Gasteiger partial charge >= 0.3 is 0 Å². The molecule has 4 atom stereocenters. The van der Waals surface area contributed by atoms with E-state index in [1.54, 1.807) is 19.4 Å². The van der Waals surface area contributed by atoms with Crippen molar-refractivity contribution in [3.05, 3.63) is 111 Å². The predicted octanol–water partition coefficient (Wildman–Crippen LogP) is 7.95. The van der Waals surface area contributed by atoms with Crippen LogP contribution in [0.15, 0.2) is 89.5 Å². The number of nitro groups is 1. The molecule has 3 fully saturated rings. The lowest BCUT2D eigenvalue weighted by Crippen LogP contribution is -2.56. The number of fused-ring (bicyclic) bond motifs is 4. The van der Waals surface area contributed by atoms with E-state index in [0.29, 0.717) is 93.4 Å². The molecule has 0 radical (unpaired) electrons. The Morgan fingerprint density at radius 1 is 0.986 bits per heavy atom. The number of hydrogen-bond donors (Lipinski definition) is 3. The van der Waals surface area contributed by atoms with Gasteiger partial charge in [-0.25, -0.2) is 13.1 Å². The highest BCUT2D eigenvalue weighted by atomic mass is 35.5. The maximum absolute atomic E-state index is 14.6. The number of sulfonamides is 1. The normalized spacial score (nSPS) is 23.0. The number of pyridine rings is 1. The fourth-order valence-corrected chi connectivity index (χ4v) is 11.8. The molecule has 0 spiro atoms. The third kappa shape index (κ3) is 10.8. The van der Waals surface area contributed by atoms with E-state index < -0.39 is 31.4 Å². The van der Waals surface area contributed by atoms with Crippen LogP contribution in [0.2, 0.25) is 5.02 Å². The highest BCUT2D eigenvalue weighted by molar-refractivity contribution is 7.90. The maximum atomic E-state index is 14.6. The van der Waals surface area contributed by atoms with Gasteiger partial charge in [0.05, 0.1) is 65.2 Å². The number of allylic oxidation sites excluding steroid dienone is 1. The van der Waals surface area contributed by atoms with Gasteiger partial charge in [-0.3, -0.25) is 19.8 Å². The first kappa shape index (κ1) is 49.8. The Hall–Kier alpha value is -5.80. The number of aromatic nitrogens is 2. The molecular weight excluding hydrogens is 964 g/mol. The Morgan fingerprint density at radius 3 is 2.64 bits per heavy atom. The molecule has 382 valence electrons. The molecule has 10 rings (SSSR count). The zero-order valence-electron chi connectivity index (χ0n) is 40.7. The Kier molecular flexibility index (Phi) is 14.5. The third-order valence-corrected chi connectivity index (χ3v) is 16.0. The van der Waals surface area contributed by atoms with Crippen LogP contribution in [0.1, 0.15) is 61.9 Å². The number of anilines is 4. The second-order valence-electron chi connectivity index (χ2n) is 20.0. The fourth-order valence-electron chi connectivity index (χ4n) is 10.7. The number of methoxy groups -OCH3 is 1. The first-order valence-electron chi connectivity index (χ1n) is 24.6. The van der Waals surface area contributed by atoms with E-state index in [-0.39, 0.29) is 47.6 Å². The molecule has 0 bridgehead atoms. The number of amides is 1. The number of carbonyl (C=O) groups is 1. The van der Waals surface area contributed by atoms with Crippen LogP contribution in [0.3, 0.4) is 0 Å². The molecule has 1 aliphatic carbocycles. The van der Waals surface area contributed by atoms with Crippen molar-refractivity contribution in [2.24, 2.45) is 5.41 Å². The Balaban J connectivity index is 0.962. The lowest BCUT2D eigenvalue weighted by atomic mass is 9.71. The van der Waals surface area contributed by atoms with Crippen molar-refractivity contribution in [3.8, 4) is 5.88 Å². The number of aromatic amines is 1. The average molecular weight is 1030 g/mol. The van der Waals surface area contributed by atoms with Crippen molar-refractivity contribution in [2.45, 2.75) is 75.2 Å². The number of benzene rings is 3. The Morgan fingerprint density at radius 2 is 1.83 bits per heavy atom. The molecule has 5 aromatic rings. The highest BCUT2D eigenvalue weighted by Gasteiger charge is 2.39. The van der Waals surface area contributed by atoms with Crippen LogP contribution in [0.25, 0.3) is 16.6 Å². The molecule has 72 heavy (non-hydrogen) atoms. The number of ether oxygens (including phenoxy) is 5. The second kappa shape index (κ2) is 21.0.